The van der Waals surface area contributed by atoms with Crippen molar-refractivity contribution < 1.29 is 5.11 Å². The first kappa shape index (κ1) is 15.8. The Morgan fingerprint density at radius 3 is 2.52 bits per heavy atom. The lowest BCUT2D eigenvalue weighted by Gasteiger charge is -2.28. The molecule has 2 atom stereocenters. The maximum absolute atomic E-state index is 9.79. The van der Waals surface area contributed by atoms with Gasteiger partial charge in [-0.2, -0.15) is 0 Å². The lowest BCUT2D eigenvalue weighted by atomic mass is 10.1. The van der Waals surface area contributed by atoms with Crippen molar-refractivity contribution in [1.29, 1.82) is 0 Å². The van der Waals surface area contributed by atoms with Crippen LogP contribution in [0.15, 0.2) is 42.6 Å². The van der Waals surface area contributed by atoms with Crippen molar-refractivity contribution in [2.75, 3.05) is 11.9 Å². The van der Waals surface area contributed by atoms with E-state index in [1.807, 2.05) is 50.4 Å². The van der Waals surface area contributed by atoms with Gasteiger partial charge >= 0.3 is 0 Å². The second-order valence-corrected chi connectivity index (χ2v) is 5.58. The summed E-state index contributed by atoms with van der Waals surface area (Å²) < 4.78 is 0. The quantitative estimate of drug-likeness (QED) is 0.890. The van der Waals surface area contributed by atoms with E-state index in [-0.39, 0.29) is 6.04 Å². The highest BCUT2D eigenvalue weighted by Crippen LogP contribution is 2.29. The number of hydrogen-bond acceptors (Lipinski definition) is 3. The van der Waals surface area contributed by atoms with Crippen LogP contribution in [0.3, 0.4) is 0 Å². The van der Waals surface area contributed by atoms with Crippen LogP contribution in [0.4, 0.5) is 5.69 Å². The first-order valence-corrected chi connectivity index (χ1v) is 7.53. The molecule has 0 aliphatic heterocycles. The van der Waals surface area contributed by atoms with Crippen LogP contribution in [0.25, 0.3) is 0 Å². The molecule has 0 radical (unpaired) electrons. The minimum absolute atomic E-state index is 0.141. The van der Waals surface area contributed by atoms with Crippen molar-refractivity contribution >= 4 is 17.3 Å². The largest absolute Gasteiger partial charge is 0.387 e. The molecule has 2 rings (SSSR count). The lowest BCUT2D eigenvalue weighted by Crippen LogP contribution is -2.22. The second-order valence-electron chi connectivity index (χ2n) is 5.17. The van der Waals surface area contributed by atoms with E-state index in [2.05, 4.69) is 16.8 Å². The summed E-state index contributed by atoms with van der Waals surface area (Å²) >= 11 is 6.26. The molecule has 1 N–H and O–H groups in total. The van der Waals surface area contributed by atoms with Crippen LogP contribution in [-0.4, -0.2) is 17.1 Å². The summed E-state index contributed by atoms with van der Waals surface area (Å²) in [5, 5.41) is 10.6. The minimum atomic E-state index is -0.495. The average molecular weight is 305 g/mol. The van der Waals surface area contributed by atoms with Gasteiger partial charge in [-0.1, -0.05) is 36.7 Å². The summed E-state index contributed by atoms with van der Waals surface area (Å²) in [5.41, 5.74) is 2.79. The molecule has 0 saturated carbocycles. The fraction of sp³-hybridized carbons (Fsp3) is 0.353. The summed E-state index contributed by atoms with van der Waals surface area (Å²) in [4.78, 5) is 6.47. The zero-order valence-corrected chi connectivity index (χ0v) is 13.4. The Hall–Kier alpha value is -1.58. The van der Waals surface area contributed by atoms with E-state index < -0.39 is 6.10 Å². The second kappa shape index (κ2) is 6.92. The molecule has 0 bridgehead atoms. The molecule has 1 aromatic carbocycles. The fourth-order valence-corrected chi connectivity index (χ4v) is 2.55. The SMILES string of the molecule is CC[C@H](O)c1ccc(N(C)C(C)c2ccccc2Cl)cn1. The molecule has 0 spiro atoms. The summed E-state index contributed by atoms with van der Waals surface area (Å²) in [5.74, 6) is 0. The molecule has 0 saturated heterocycles. The van der Waals surface area contributed by atoms with Crippen LogP contribution >= 0.6 is 11.6 Å². The molecular formula is C17H21ClN2O. The Labute approximate surface area is 131 Å². The zero-order valence-electron chi connectivity index (χ0n) is 12.6. The molecule has 0 aliphatic carbocycles. The minimum Gasteiger partial charge on any atom is -0.387 e. The van der Waals surface area contributed by atoms with E-state index in [9.17, 15) is 5.11 Å². The third-order valence-electron chi connectivity index (χ3n) is 3.84. The van der Waals surface area contributed by atoms with E-state index in [1.54, 1.807) is 6.20 Å². The van der Waals surface area contributed by atoms with Crippen molar-refractivity contribution in [3.05, 3.63) is 58.9 Å². The number of pyridine rings is 1. The lowest BCUT2D eigenvalue weighted by molar-refractivity contribution is 0.169. The Balaban J connectivity index is 2.20. The van der Waals surface area contributed by atoms with Gasteiger partial charge < -0.3 is 10.0 Å². The summed E-state index contributed by atoms with van der Waals surface area (Å²) in [6.07, 6.45) is 1.96. The van der Waals surface area contributed by atoms with Gasteiger partial charge in [-0.15, -0.1) is 0 Å². The number of aromatic nitrogens is 1. The summed E-state index contributed by atoms with van der Waals surface area (Å²) in [6, 6.07) is 11.9. The van der Waals surface area contributed by atoms with Crippen molar-refractivity contribution in [3.8, 4) is 0 Å². The van der Waals surface area contributed by atoms with Crippen LogP contribution in [0, 0.1) is 0 Å². The Bertz CT molecular complexity index is 586. The average Bonchev–Trinajstić information content (AvgIpc) is 2.53. The Morgan fingerprint density at radius 1 is 1.24 bits per heavy atom. The molecule has 4 heteroatoms. The van der Waals surface area contributed by atoms with Gasteiger partial charge in [0.15, 0.2) is 0 Å². The number of nitrogens with zero attached hydrogens (tertiary/aromatic N) is 2. The molecule has 2 aromatic rings. The monoisotopic (exact) mass is 304 g/mol. The number of anilines is 1. The number of benzene rings is 1. The first-order valence-electron chi connectivity index (χ1n) is 7.15. The molecule has 3 nitrogen and oxygen atoms in total. The predicted octanol–water partition coefficient (Wildman–Crippen LogP) is 4.38. The highest BCUT2D eigenvalue weighted by Gasteiger charge is 2.15. The maximum Gasteiger partial charge on any atom is 0.0957 e. The van der Waals surface area contributed by atoms with Crippen molar-refractivity contribution in [3.63, 3.8) is 0 Å². The van der Waals surface area contributed by atoms with Crippen molar-refractivity contribution in [1.82, 2.24) is 4.98 Å². The molecule has 21 heavy (non-hydrogen) atoms. The summed E-state index contributed by atoms with van der Waals surface area (Å²) in [7, 11) is 2.01. The number of aliphatic hydroxyl groups is 1. The van der Waals surface area contributed by atoms with Gasteiger partial charge in [0.1, 0.15) is 0 Å². The van der Waals surface area contributed by atoms with Crippen LogP contribution in [0.5, 0.6) is 0 Å². The van der Waals surface area contributed by atoms with Crippen molar-refractivity contribution in [2.24, 2.45) is 0 Å². The van der Waals surface area contributed by atoms with Gasteiger partial charge in [0.05, 0.1) is 29.7 Å². The van der Waals surface area contributed by atoms with Gasteiger partial charge in [-0.25, -0.2) is 0 Å². The van der Waals surface area contributed by atoms with E-state index in [4.69, 9.17) is 11.6 Å². The zero-order chi connectivity index (χ0) is 15.4. The Kier molecular flexibility index (Phi) is 5.21. The highest BCUT2D eigenvalue weighted by molar-refractivity contribution is 6.31. The van der Waals surface area contributed by atoms with Gasteiger partial charge in [-0.3, -0.25) is 4.98 Å². The molecular weight excluding hydrogens is 284 g/mol. The van der Waals surface area contributed by atoms with Gasteiger partial charge in [-0.05, 0) is 37.1 Å². The smallest absolute Gasteiger partial charge is 0.0957 e. The number of hydrogen-bond donors (Lipinski definition) is 1. The topological polar surface area (TPSA) is 36.4 Å². The number of rotatable bonds is 5. The predicted molar refractivity (Wildman–Crippen MR) is 87.8 cm³/mol. The molecule has 112 valence electrons. The van der Waals surface area contributed by atoms with Crippen LogP contribution in [0.1, 0.15) is 43.7 Å². The maximum atomic E-state index is 9.79. The van der Waals surface area contributed by atoms with Gasteiger partial charge in [0.25, 0.3) is 0 Å². The van der Waals surface area contributed by atoms with Crippen molar-refractivity contribution in [2.45, 2.75) is 32.4 Å². The molecule has 0 fully saturated rings. The summed E-state index contributed by atoms with van der Waals surface area (Å²) in [6.45, 7) is 4.04. The molecule has 1 unspecified atom stereocenters. The number of aliphatic hydroxyl groups excluding tert-OH is 1. The first-order chi connectivity index (χ1) is 10.0. The third kappa shape index (κ3) is 3.55. The molecule has 0 aliphatic rings. The fourth-order valence-electron chi connectivity index (χ4n) is 2.26. The Morgan fingerprint density at radius 2 is 1.95 bits per heavy atom. The number of halogens is 1. The van der Waals surface area contributed by atoms with Crippen LogP contribution in [0.2, 0.25) is 5.02 Å². The van der Waals surface area contributed by atoms with Gasteiger partial charge in [0, 0.05) is 12.1 Å². The molecule has 0 amide bonds. The van der Waals surface area contributed by atoms with E-state index in [0.29, 0.717) is 12.1 Å². The van der Waals surface area contributed by atoms with E-state index in [0.717, 1.165) is 16.3 Å². The molecule has 1 aromatic heterocycles. The van der Waals surface area contributed by atoms with Crippen LogP contribution < -0.4 is 4.90 Å². The normalized spacial score (nSPS) is 13.8. The van der Waals surface area contributed by atoms with Gasteiger partial charge in [0.2, 0.25) is 0 Å². The third-order valence-corrected chi connectivity index (χ3v) is 4.19. The van der Waals surface area contributed by atoms with Crippen LogP contribution in [-0.2, 0) is 0 Å². The van der Waals surface area contributed by atoms with E-state index in [1.165, 1.54) is 0 Å². The standard InChI is InChI=1S/C17H21ClN2O/c1-4-17(21)16-10-9-13(11-19-16)20(3)12(2)14-7-5-6-8-15(14)18/h5-12,17,21H,4H2,1-3H3/t12?,17-/m0/s1. The highest BCUT2D eigenvalue weighted by atomic mass is 35.5. The van der Waals surface area contributed by atoms with E-state index >= 15 is 0 Å². The molecule has 1 heterocycles.